The molecule has 0 spiro atoms. The van der Waals surface area contributed by atoms with Crippen molar-refractivity contribution >= 4 is 41.8 Å². The number of carbonyl (C=O) groups is 7. The van der Waals surface area contributed by atoms with Gasteiger partial charge >= 0.3 is 41.8 Å². The van der Waals surface area contributed by atoms with E-state index in [1.807, 2.05) is 72.8 Å². The molecule has 0 aromatic heterocycles. The standard InChI is InChI=1S/C24H38O7.C24H36O6.C22H36O5.C19H30O6.C19H28O5/c1-5-14(2)24(29)31-21-13-19(30-4)10-16-7-6-15(3)20(23(16)21)9-8-17(25)11-18(26)12-22(27)28;1-5-14(2)24(27)30-21-13-19(28-4)10-16-7-6-15(3)20(23(16)21)9-8-18-11-17(25)12-22(26)29-18;1-5-16(23)11-17(24)8-9-19-14(4)6-7-15-10-18(25)12-20(21(15)19)27-22(26)13(2)3;1-11-3-4-12-7-14(21)9-17(25-2)19(12)16(11)6-5-13(20)8-15(22)10-18(23)24;1-11-3-4-12-7-13(20)9-17(23-2)19(12)16(11)6-5-15-8-14(21)10-18(22)24-15/h6-7,10,14-15,17-21,23,25-26H,5,8-9,11-13H2,1-4H3,(H,27,28);6-7,10,14-15,17-21,23,25H,5,8-9,11-13H2,1-4H3;6-7,10,13-14,16-21,23-25H,5,8-9,11-12H2,1-4H3;3-4,7,11,13-17,19-22H,5-6,8-10H2,1-2H3,(H,23,24);3-4,7,11,13-17,19-21H,5-6,8-10H2,1-2H3/t2*14-,15-,17+,18+,19+,20-,21-,23-;14-,16-,17-,18+,19-,20-,21-;11-,13+,14+,15+,16-,17-,19?;11-,13+,14+,15+,16-,17-,19-/m00000/s1. The lowest BCUT2D eigenvalue weighted by Gasteiger charge is -2.43. The van der Waals surface area contributed by atoms with Crippen molar-refractivity contribution in [1.29, 1.82) is 0 Å². The molecule has 2 aliphatic heterocycles. The molecule has 2 heterocycles. The fourth-order valence-electron chi connectivity index (χ4n) is 22.6. The molecule has 774 valence electrons. The van der Waals surface area contributed by atoms with Gasteiger partial charge in [0.2, 0.25) is 0 Å². The Balaban J connectivity index is 0.000000211. The number of methoxy groups -OCH3 is 4. The molecule has 0 radical (unpaired) electrons. The molecular formula is C108H168O29. The monoisotopic (exact) mass is 1930 g/mol. The van der Waals surface area contributed by atoms with Gasteiger partial charge in [0, 0.05) is 103 Å². The van der Waals surface area contributed by atoms with Crippen LogP contribution in [0.4, 0.5) is 0 Å². The minimum Gasteiger partial charge on any atom is -0.481 e. The molecule has 13 N–H and O–H groups in total. The highest BCUT2D eigenvalue weighted by atomic mass is 16.6. The van der Waals surface area contributed by atoms with Crippen LogP contribution in [-0.2, 0) is 76.2 Å². The summed E-state index contributed by atoms with van der Waals surface area (Å²) in [5, 5.41) is 127. The number of aliphatic hydroxyl groups excluding tert-OH is 11. The zero-order valence-electron chi connectivity index (χ0n) is 84.0. The second-order valence-electron chi connectivity index (χ2n) is 41.6. The number of ether oxygens (including phenoxy) is 9. The molecule has 0 aromatic carbocycles. The molecule has 0 aromatic rings. The number of hydrogen-bond donors (Lipinski definition) is 13. The first-order chi connectivity index (χ1) is 65.0. The Morgan fingerprint density at radius 3 is 0.927 bits per heavy atom. The van der Waals surface area contributed by atoms with Crippen LogP contribution in [0, 0.1) is 107 Å². The molecule has 12 aliphatic rings. The van der Waals surface area contributed by atoms with Crippen molar-refractivity contribution in [2.45, 2.75) is 379 Å². The lowest BCUT2D eigenvalue weighted by atomic mass is 9.66. The number of aliphatic hydroxyl groups is 11. The molecule has 0 bridgehead atoms. The smallest absolute Gasteiger partial charge is 0.308 e. The second-order valence-corrected chi connectivity index (χ2v) is 41.6. The quantitative estimate of drug-likeness (QED) is 0.0202. The van der Waals surface area contributed by atoms with Crippen LogP contribution in [0.5, 0.6) is 0 Å². The summed E-state index contributed by atoms with van der Waals surface area (Å²) in [5.41, 5.74) is 5.54. The van der Waals surface area contributed by atoms with Crippen LogP contribution in [0.1, 0.15) is 256 Å². The number of carboxylic acids is 2. The number of aliphatic carboxylic acids is 2. The molecular weight excluding hydrogens is 1760 g/mol. The molecule has 0 saturated carbocycles. The molecule has 12 rings (SSSR count). The largest absolute Gasteiger partial charge is 0.481 e. The van der Waals surface area contributed by atoms with Crippen molar-refractivity contribution in [1.82, 2.24) is 0 Å². The number of hydrogen-bond acceptors (Lipinski definition) is 27. The maximum absolute atomic E-state index is 12.6. The summed E-state index contributed by atoms with van der Waals surface area (Å²) < 4.78 is 51.1. The molecule has 137 heavy (non-hydrogen) atoms. The summed E-state index contributed by atoms with van der Waals surface area (Å²) in [6, 6.07) is 0. The Kier molecular flexibility index (Phi) is 47.3. The number of rotatable bonds is 38. The van der Waals surface area contributed by atoms with Gasteiger partial charge in [0.15, 0.2) is 0 Å². The van der Waals surface area contributed by atoms with Crippen LogP contribution in [-0.4, -0.2) is 259 Å². The summed E-state index contributed by atoms with van der Waals surface area (Å²) >= 11 is 0. The van der Waals surface area contributed by atoms with Gasteiger partial charge in [-0.05, 0) is 190 Å². The van der Waals surface area contributed by atoms with Crippen LogP contribution in [0.3, 0.4) is 0 Å². The van der Waals surface area contributed by atoms with Crippen LogP contribution in [0.25, 0.3) is 0 Å². The first kappa shape index (κ1) is 115. The predicted octanol–water partition coefficient (Wildman–Crippen LogP) is 13.1. The zero-order valence-corrected chi connectivity index (χ0v) is 84.0. The van der Waals surface area contributed by atoms with Crippen molar-refractivity contribution in [3.05, 3.63) is 119 Å². The van der Waals surface area contributed by atoms with Gasteiger partial charge in [-0.25, -0.2) is 0 Å². The van der Waals surface area contributed by atoms with Gasteiger partial charge in [-0.15, -0.1) is 0 Å². The number of fused-ring (bicyclic) bond motifs is 5. The van der Waals surface area contributed by atoms with E-state index in [0.717, 1.165) is 67.2 Å². The summed E-state index contributed by atoms with van der Waals surface area (Å²) in [4.78, 5) is 81.9. The van der Waals surface area contributed by atoms with Gasteiger partial charge in [0.05, 0.1) is 135 Å². The summed E-state index contributed by atoms with van der Waals surface area (Å²) in [6.45, 7) is 24.1. The van der Waals surface area contributed by atoms with Crippen molar-refractivity contribution in [2.24, 2.45) is 107 Å². The van der Waals surface area contributed by atoms with E-state index in [-0.39, 0.29) is 200 Å². The Labute approximate surface area is 812 Å². The van der Waals surface area contributed by atoms with Gasteiger partial charge in [-0.2, -0.15) is 0 Å². The zero-order chi connectivity index (χ0) is 101. The third kappa shape index (κ3) is 34.7. The van der Waals surface area contributed by atoms with Crippen molar-refractivity contribution in [3.8, 4) is 0 Å². The fraction of sp³-hybridized carbons (Fsp3) is 0.750. The number of cyclic esters (lactones) is 2. The summed E-state index contributed by atoms with van der Waals surface area (Å²) in [6.07, 6.45) is 35.3. The van der Waals surface area contributed by atoms with Crippen molar-refractivity contribution < 1.29 is 143 Å². The minimum absolute atomic E-state index is 0.0110. The summed E-state index contributed by atoms with van der Waals surface area (Å²) in [7, 11) is 6.71. The summed E-state index contributed by atoms with van der Waals surface area (Å²) in [5.74, 6) is -0.310. The van der Waals surface area contributed by atoms with Crippen molar-refractivity contribution in [2.75, 3.05) is 28.4 Å². The van der Waals surface area contributed by atoms with Gasteiger partial charge in [0.1, 0.15) is 30.5 Å². The van der Waals surface area contributed by atoms with Crippen LogP contribution < -0.4 is 0 Å². The van der Waals surface area contributed by atoms with Crippen LogP contribution in [0.15, 0.2) is 119 Å². The molecule has 0 amide bonds. The predicted molar refractivity (Wildman–Crippen MR) is 516 cm³/mol. The Hall–Kier alpha value is -6.91. The Bertz CT molecular complexity index is 4140. The fourth-order valence-corrected chi connectivity index (χ4v) is 22.6. The number of carbonyl (C=O) groups excluding carboxylic acids is 5. The average molecular weight is 1930 g/mol. The topological polar surface area (TPSA) is 466 Å². The van der Waals surface area contributed by atoms with Crippen LogP contribution in [0.2, 0.25) is 0 Å². The van der Waals surface area contributed by atoms with E-state index in [9.17, 15) is 89.7 Å². The van der Waals surface area contributed by atoms with Crippen LogP contribution >= 0.6 is 0 Å². The van der Waals surface area contributed by atoms with E-state index in [2.05, 4.69) is 101 Å². The molecule has 10 aliphatic carbocycles. The maximum atomic E-state index is 12.6. The Morgan fingerprint density at radius 2 is 0.642 bits per heavy atom. The minimum atomic E-state index is -1.08. The second kappa shape index (κ2) is 56.2. The van der Waals surface area contributed by atoms with E-state index in [0.29, 0.717) is 119 Å². The lowest BCUT2D eigenvalue weighted by Crippen LogP contribution is -2.43. The van der Waals surface area contributed by atoms with E-state index < -0.39 is 79.1 Å². The Morgan fingerprint density at radius 1 is 0.358 bits per heavy atom. The highest BCUT2D eigenvalue weighted by Crippen LogP contribution is 2.51. The number of allylic oxidation sites excluding steroid dienone is 10. The third-order valence-electron chi connectivity index (χ3n) is 30.9. The van der Waals surface area contributed by atoms with E-state index in [1.165, 1.54) is 5.57 Å². The van der Waals surface area contributed by atoms with Gasteiger partial charge in [-0.3, -0.25) is 33.6 Å². The van der Waals surface area contributed by atoms with E-state index in [1.54, 1.807) is 28.4 Å². The van der Waals surface area contributed by atoms with Gasteiger partial charge in [0.25, 0.3) is 0 Å². The molecule has 1 unspecified atom stereocenters. The van der Waals surface area contributed by atoms with E-state index in [4.69, 9.17) is 52.8 Å². The van der Waals surface area contributed by atoms with Gasteiger partial charge in [-0.1, -0.05) is 174 Å². The molecule has 29 nitrogen and oxygen atoms in total. The first-order valence-electron chi connectivity index (χ1n) is 51.0. The number of esters is 5. The average Bonchev–Trinajstić information content (AvgIpc) is 0.820. The highest BCUT2D eigenvalue weighted by molar-refractivity contribution is 5.74. The lowest BCUT2D eigenvalue weighted by molar-refractivity contribution is -0.163. The maximum Gasteiger partial charge on any atom is 0.308 e. The van der Waals surface area contributed by atoms with E-state index >= 15 is 0 Å². The number of carboxylic acid groups (broad SMARTS) is 2. The molecule has 2 fully saturated rings. The normalized spacial score (nSPS) is 35.1. The first-order valence-corrected chi connectivity index (χ1v) is 51.0. The van der Waals surface area contributed by atoms with Crippen molar-refractivity contribution in [3.63, 3.8) is 0 Å². The molecule has 29 heteroatoms. The van der Waals surface area contributed by atoms with Gasteiger partial charge < -0.3 is 109 Å². The third-order valence-corrected chi connectivity index (χ3v) is 30.9. The SMILES string of the molecule is CC[C@H](C)C(=O)O[C@H]1C[C@H](OC)C=C2C=C[C@H](C)[C@H](CC[C@@H](O)C[C@@H](O)CC(=O)O)[C@H]21.CC[C@H](C)C(=O)O[C@H]1C[C@H](OC)C=C2C=C[C@H](C)[C@H](CC[C@@H]3C[C@@H](O)CC(=O)O3)[C@H]21.CC[C@H](O)C[C@@H](O)CC[C@@H]1[C@@H]2C(=C[C@@H](O)C[C@@H]2OC(=O)C(C)C)C=C[C@@H]1C.CO[C@H]1C[C@H](O)C=C2C=C[C@H](C)[C@H](CC[C@@H](O)C[C@@H](O)CC(=O)O)C21.CO[C@H]1C[C@H](O)C=C2C=C[C@H](C)[C@H](CC[C@@H]3C[C@@H](O)CC(=O)O3)[C@H]21. The highest BCUT2D eigenvalue weighted by Gasteiger charge is 2.49. The molecule has 37 atom stereocenters. The molecule has 2 saturated heterocycles.